The number of nitrogens with one attached hydrogen (secondary N) is 2. The Bertz CT molecular complexity index is 1420. The van der Waals surface area contributed by atoms with Gasteiger partial charge >= 0.3 is 0 Å². The molecule has 0 aliphatic carbocycles. The minimum atomic E-state index is -3.58. The minimum absolute atomic E-state index is 0.246. The maximum absolute atomic E-state index is 12.9. The summed E-state index contributed by atoms with van der Waals surface area (Å²) in [6, 6.07) is 18.9. The van der Waals surface area contributed by atoms with Crippen molar-refractivity contribution in [2.24, 2.45) is 0 Å². The zero-order chi connectivity index (χ0) is 24.4. The predicted octanol–water partition coefficient (Wildman–Crippen LogP) is 4.67. The summed E-state index contributed by atoms with van der Waals surface area (Å²) in [6.07, 6.45) is 3.84. The van der Waals surface area contributed by atoms with Crippen LogP contribution in [0.2, 0.25) is 0 Å². The Morgan fingerprint density at radius 3 is 2.63 bits per heavy atom. The third kappa shape index (κ3) is 5.11. The number of hydrogen-bond donors (Lipinski definition) is 2. The van der Waals surface area contributed by atoms with Gasteiger partial charge in [0, 0.05) is 29.9 Å². The van der Waals surface area contributed by atoms with Crippen LogP contribution < -0.4 is 10.0 Å². The molecule has 1 aliphatic heterocycles. The van der Waals surface area contributed by atoms with Gasteiger partial charge in [0.15, 0.2) is 5.65 Å². The molecule has 10 heteroatoms. The molecule has 0 radical (unpaired) electrons. The zero-order valence-electron chi connectivity index (χ0n) is 19.4. The highest BCUT2D eigenvalue weighted by molar-refractivity contribution is 9.10. The molecule has 5 rings (SSSR count). The molecule has 0 bridgehead atoms. The summed E-state index contributed by atoms with van der Waals surface area (Å²) in [5, 5.41) is 7.77. The number of hydrogen-bond acceptors (Lipinski definition) is 6. The van der Waals surface area contributed by atoms with Crippen LogP contribution in [0.25, 0.3) is 16.9 Å². The fourth-order valence-corrected chi connectivity index (χ4v) is 5.90. The van der Waals surface area contributed by atoms with Crippen molar-refractivity contribution in [3.05, 3.63) is 71.3 Å². The molecule has 4 aromatic rings. The lowest BCUT2D eigenvalue weighted by Crippen LogP contribution is -2.39. The van der Waals surface area contributed by atoms with E-state index in [0.717, 1.165) is 47.3 Å². The lowest BCUT2D eigenvalue weighted by molar-refractivity contribution is 0.268. The van der Waals surface area contributed by atoms with Crippen molar-refractivity contribution in [1.82, 2.24) is 24.2 Å². The molecule has 1 fully saturated rings. The highest BCUT2D eigenvalue weighted by Crippen LogP contribution is 2.28. The molecule has 2 aromatic heterocycles. The first-order valence-electron chi connectivity index (χ1n) is 11.6. The number of halogens is 1. The Kier molecular flexibility index (Phi) is 6.88. The number of benzene rings is 2. The van der Waals surface area contributed by atoms with E-state index in [9.17, 15) is 8.42 Å². The van der Waals surface area contributed by atoms with Crippen molar-refractivity contribution >= 4 is 43.1 Å². The van der Waals surface area contributed by atoms with Gasteiger partial charge in [-0.15, -0.1) is 0 Å². The van der Waals surface area contributed by atoms with E-state index in [1.165, 1.54) is 0 Å². The third-order valence-electron chi connectivity index (χ3n) is 6.35. The molecule has 0 amide bonds. The Morgan fingerprint density at radius 2 is 1.89 bits per heavy atom. The van der Waals surface area contributed by atoms with Crippen LogP contribution in [0.15, 0.2) is 76.2 Å². The lowest BCUT2D eigenvalue weighted by atomic mass is 10.1. The Morgan fingerprint density at radius 1 is 1.11 bits per heavy atom. The van der Waals surface area contributed by atoms with Crippen LogP contribution in [0.4, 0.5) is 11.5 Å². The zero-order valence-corrected chi connectivity index (χ0v) is 21.8. The van der Waals surface area contributed by atoms with Crippen LogP contribution in [0.5, 0.6) is 0 Å². The first kappa shape index (κ1) is 23.9. The Hall–Kier alpha value is -2.79. The molecule has 35 heavy (non-hydrogen) atoms. The van der Waals surface area contributed by atoms with Crippen LogP contribution in [-0.2, 0) is 10.0 Å². The van der Waals surface area contributed by atoms with Gasteiger partial charge in [0.05, 0.1) is 21.3 Å². The van der Waals surface area contributed by atoms with Crippen LogP contribution in [-0.4, -0.2) is 53.6 Å². The van der Waals surface area contributed by atoms with E-state index < -0.39 is 10.0 Å². The Labute approximate surface area is 213 Å². The van der Waals surface area contributed by atoms with E-state index in [1.54, 1.807) is 35.0 Å². The van der Waals surface area contributed by atoms with Crippen molar-refractivity contribution in [3.8, 4) is 11.3 Å². The number of likely N-dealkylation sites (tertiary alicyclic amines) is 1. The molecule has 1 aliphatic rings. The standard InChI is InChI=1S/C25H27BrN6O2S/c1-2-31-14-6-9-20(31)16-28-35(33,34)21-12-10-19(11-13-21)29-24-15-23(18-7-4-3-5-8-18)30-25-22(26)17-27-32(24)25/h3-5,7-8,10-13,15,17,20,28-29H,2,6,9,14,16H2,1H3. The molecule has 2 aromatic carbocycles. The average Bonchev–Trinajstić information content (AvgIpc) is 3.50. The first-order valence-corrected chi connectivity index (χ1v) is 13.9. The van der Waals surface area contributed by atoms with Gasteiger partial charge in [0.2, 0.25) is 10.0 Å². The molecular formula is C25H27BrN6O2S. The van der Waals surface area contributed by atoms with E-state index >= 15 is 0 Å². The van der Waals surface area contributed by atoms with Gasteiger partial charge in [-0.3, -0.25) is 4.90 Å². The number of aromatic nitrogens is 3. The van der Waals surface area contributed by atoms with Gasteiger partial charge in [0.1, 0.15) is 5.82 Å². The molecule has 1 unspecified atom stereocenters. The van der Waals surface area contributed by atoms with Crippen LogP contribution in [0, 0.1) is 0 Å². The van der Waals surface area contributed by atoms with Gasteiger partial charge in [-0.2, -0.15) is 9.61 Å². The molecule has 3 heterocycles. The monoisotopic (exact) mass is 554 g/mol. The smallest absolute Gasteiger partial charge is 0.240 e. The highest BCUT2D eigenvalue weighted by atomic mass is 79.9. The largest absolute Gasteiger partial charge is 0.340 e. The predicted molar refractivity (Wildman–Crippen MR) is 141 cm³/mol. The molecular weight excluding hydrogens is 528 g/mol. The summed E-state index contributed by atoms with van der Waals surface area (Å²) >= 11 is 3.52. The number of nitrogens with zero attached hydrogens (tertiary/aromatic N) is 4. The van der Waals surface area contributed by atoms with Crippen molar-refractivity contribution < 1.29 is 8.42 Å². The van der Waals surface area contributed by atoms with Gasteiger partial charge < -0.3 is 5.32 Å². The summed E-state index contributed by atoms with van der Waals surface area (Å²) in [4.78, 5) is 7.31. The quantitative estimate of drug-likeness (QED) is 0.329. The van der Waals surface area contributed by atoms with Crippen LogP contribution in [0.3, 0.4) is 0 Å². The van der Waals surface area contributed by atoms with E-state index in [-0.39, 0.29) is 10.9 Å². The maximum Gasteiger partial charge on any atom is 0.240 e. The van der Waals surface area contributed by atoms with Crippen molar-refractivity contribution in [2.75, 3.05) is 25.0 Å². The molecule has 8 nitrogen and oxygen atoms in total. The van der Waals surface area contributed by atoms with Crippen molar-refractivity contribution in [1.29, 1.82) is 0 Å². The van der Waals surface area contributed by atoms with Gasteiger partial charge in [-0.1, -0.05) is 37.3 Å². The highest BCUT2D eigenvalue weighted by Gasteiger charge is 2.25. The van der Waals surface area contributed by atoms with Gasteiger partial charge in [-0.25, -0.2) is 18.1 Å². The number of anilines is 2. The second-order valence-corrected chi connectivity index (χ2v) is 11.2. The summed E-state index contributed by atoms with van der Waals surface area (Å²) in [5.74, 6) is 0.717. The normalized spacial score (nSPS) is 16.7. The van der Waals surface area contributed by atoms with Crippen LogP contribution in [0.1, 0.15) is 19.8 Å². The number of sulfonamides is 1. The second-order valence-electron chi connectivity index (χ2n) is 8.55. The maximum atomic E-state index is 12.9. The number of rotatable bonds is 8. The summed E-state index contributed by atoms with van der Waals surface area (Å²) in [6.45, 7) is 4.51. The summed E-state index contributed by atoms with van der Waals surface area (Å²) < 4.78 is 31.0. The summed E-state index contributed by atoms with van der Waals surface area (Å²) in [7, 11) is -3.58. The Balaban J connectivity index is 1.36. The molecule has 0 spiro atoms. The van der Waals surface area contributed by atoms with Gasteiger partial charge in [-0.05, 0) is 66.1 Å². The fraction of sp³-hybridized carbons (Fsp3) is 0.280. The average molecular weight is 556 g/mol. The van der Waals surface area contributed by atoms with E-state index in [0.29, 0.717) is 18.0 Å². The summed E-state index contributed by atoms with van der Waals surface area (Å²) in [5.41, 5.74) is 3.22. The first-order chi connectivity index (χ1) is 16.9. The van der Waals surface area contributed by atoms with Crippen molar-refractivity contribution in [3.63, 3.8) is 0 Å². The molecule has 182 valence electrons. The second kappa shape index (κ2) is 10.1. The van der Waals surface area contributed by atoms with Crippen LogP contribution >= 0.6 is 15.9 Å². The molecule has 1 saturated heterocycles. The number of likely N-dealkylation sites (N-methyl/N-ethyl adjacent to an activating group) is 1. The SMILES string of the molecule is CCN1CCCC1CNS(=O)(=O)c1ccc(Nc2cc(-c3ccccc3)nc3c(Br)cnn23)cc1. The van der Waals surface area contributed by atoms with Gasteiger partial charge in [0.25, 0.3) is 0 Å². The lowest BCUT2D eigenvalue weighted by Gasteiger charge is -2.22. The fourth-order valence-electron chi connectivity index (χ4n) is 4.48. The number of fused-ring (bicyclic) bond motifs is 1. The topological polar surface area (TPSA) is 91.6 Å². The van der Waals surface area contributed by atoms with Crippen molar-refractivity contribution in [2.45, 2.75) is 30.7 Å². The van der Waals surface area contributed by atoms with E-state index in [4.69, 9.17) is 4.98 Å². The molecule has 1 atom stereocenters. The van der Waals surface area contributed by atoms with E-state index in [1.807, 2.05) is 36.4 Å². The third-order valence-corrected chi connectivity index (χ3v) is 8.35. The molecule has 2 N–H and O–H groups in total. The molecule has 0 saturated carbocycles. The minimum Gasteiger partial charge on any atom is -0.340 e. The van der Waals surface area contributed by atoms with E-state index in [2.05, 4.69) is 42.9 Å².